The van der Waals surface area contributed by atoms with Crippen molar-refractivity contribution in [3.8, 4) is 0 Å². The van der Waals surface area contributed by atoms with Crippen LogP contribution >= 0.6 is 0 Å². The fraction of sp³-hybridized carbons (Fsp3) is 0.467. The molecule has 94 valence electrons. The molecule has 0 aliphatic carbocycles. The highest BCUT2D eigenvalue weighted by molar-refractivity contribution is 5.25. The number of hydrogen-bond donors (Lipinski definition) is 2. The van der Waals surface area contributed by atoms with Gasteiger partial charge in [-0.15, -0.1) is 6.58 Å². The Kier molecular flexibility index (Phi) is 5.95. The minimum atomic E-state index is -0.467. The lowest BCUT2D eigenvalue weighted by molar-refractivity contribution is 0.138. The number of rotatable bonds is 7. The summed E-state index contributed by atoms with van der Waals surface area (Å²) < 4.78 is 0. The summed E-state index contributed by atoms with van der Waals surface area (Å²) in [5.74, 6) is 0. The molecule has 0 amide bonds. The Labute approximate surface area is 104 Å². The lowest BCUT2D eigenvalue weighted by atomic mass is 10.0. The van der Waals surface area contributed by atoms with Gasteiger partial charge in [0.25, 0.3) is 0 Å². The molecule has 17 heavy (non-hydrogen) atoms. The molecule has 0 saturated carbocycles. The van der Waals surface area contributed by atoms with E-state index in [1.54, 1.807) is 6.08 Å². The Hall–Kier alpha value is -1.12. The van der Waals surface area contributed by atoms with Gasteiger partial charge < -0.3 is 10.4 Å². The summed E-state index contributed by atoms with van der Waals surface area (Å²) in [6, 6.07) is 8.26. The highest BCUT2D eigenvalue weighted by Crippen LogP contribution is 2.17. The van der Waals surface area contributed by atoms with Crippen LogP contribution in [0.1, 0.15) is 37.5 Å². The number of aryl methyl sites for hydroxylation is 1. The van der Waals surface area contributed by atoms with E-state index in [1.165, 1.54) is 5.56 Å². The van der Waals surface area contributed by atoms with Gasteiger partial charge in [-0.25, -0.2) is 0 Å². The number of hydrogen-bond acceptors (Lipinski definition) is 2. The number of nitrogens with one attached hydrogen (secondary N) is 1. The first kappa shape index (κ1) is 13.9. The third-order valence-corrected chi connectivity index (χ3v) is 2.92. The summed E-state index contributed by atoms with van der Waals surface area (Å²) in [6.45, 7) is 8.52. The van der Waals surface area contributed by atoms with Crippen molar-refractivity contribution in [1.82, 2.24) is 5.32 Å². The molecular weight excluding hydrogens is 210 g/mol. The molecule has 0 radical (unpaired) electrons. The van der Waals surface area contributed by atoms with Gasteiger partial charge in [-0.05, 0) is 24.5 Å². The molecule has 0 fully saturated rings. The SMILES string of the molecule is C=CCNC(C)C(O)c1ccc(CCC)cc1. The maximum Gasteiger partial charge on any atom is 0.0940 e. The van der Waals surface area contributed by atoms with Crippen LogP contribution in [0, 0.1) is 0 Å². The summed E-state index contributed by atoms with van der Waals surface area (Å²) in [5, 5.41) is 13.3. The van der Waals surface area contributed by atoms with Crippen LogP contribution < -0.4 is 5.32 Å². The Morgan fingerprint density at radius 1 is 1.35 bits per heavy atom. The van der Waals surface area contributed by atoms with E-state index in [0.717, 1.165) is 18.4 Å². The van der Waals surface area contributed by atoms with Crippen LogP contribution in [-0.2, 0) is 6.42 Å². The fourth-order valence-electron chi connectivity index (χ4n) is 1.84. The largest absolute Gasteiger partial charge is 0.387 e. The van der Waals surface area contributed by atoms with Gasteiger partial charge in [0.1, 0.15) is 0 Å². The molecule has 2 atom stereocenters. The van der Waals surface area contributed by atoms with Crippen LogP contribution in [0.15, 0.2) is 36.9 Å². The topological polar surface area (TPSA) is 32.3 Å². The molecular formula is C15H23NO. The van der Waals surface area contributed by atoms with Gasteiger partial charge in [0.15, 0.2) is 0 Å². The second kappa shape index (κ2) is 7.25. The van der Waals surface area contributed by atoms with Crippen LogP contribution in [-0.4, -0.2) is 17.7 Å². The van der Waals surface area contributed by atoms with E-state index in [-0.39, 0.29) is 6.04 Å². The lowest BCUT2D eigenvalue weighted by Gasteiger charge is -2.20. The number of aliphatic hydroxyl groups is 1. The molecule has 0 aliphatic rings. The van der Waals surface area contributed by atoms with Crippen molar-refractivity contribution < 1.29 is 5.11 Å². The van der Waals surface area contributed by atoms with E-state index in [2.05, 4.69) is 31.0 Å². The summed E-state index contributed by atoms with van der Waals surface area (Å²) >= 11 is 0. The molecule has 0 spiro atoms. The van der Waals surface area contributed by atoms with Crippen LogP contribution in [0.4, 0.5) is 0 Å². The van der Waals surface area contributed by atoms with E-state index in [0.29, 0.717) is 6.54 Å². The van der Waals surface area contributed by atoms with E-state index in [4.69, 9.17) is 0 Å². The Morgan fingerprint density at radius 2 is 2.00 bits per heavy atom. The van der Waals surface area contributed by atoms with E-state index in [9.17, 15) is 5.11 Å². The van der Waals surface area contributed by atoms with Crippen molar-refractivity contribution in [2.45, 2.75) is 38.8 Å². The molecule has 2 heteroatoms. The van der Waals surface area contributed by atoms with Gasteiger partial charge in [0.2, 0.25) is 0 Å². The van der Waals surface area contributed by atoms with Crippen molar-refractivity contribution in [3.63, 3.8) is 0 Å². The maximum atomic E-state index is 10.1. The lowest BCUT2D eigenvalue weighted by Crippen LogP contribution is -2.32. The average Bonchev–Trinajstić information content (AvgIpc) is 2.36. The number of aliphatic hydroxyl groups excluding tert-OH is 1. The second-order valence-corrected chi connectivity index (χ2v) is 4.42. The molecule has 0 heterocycles. The van der Waals surface area contributed by atoms with Gasteiger partial charge in [-0.2, -0.15) is 0 Å². The Morgan fingerprint density at radius 3 is 2.53 bits per heavy atom. The smallest absolute Gasteiger partial charge is 0.0940 e. The fourth-order valence-corrected chi connectivity index (χ4v) is 1.84. The molecule has 1 rings (SSSR count). The zero-order valence-electron chi connectivity index (χ0n) is 10.8. The first-order chi connectivity index (χ1) is 8.19. The Bertz CT molecular complexity index is 331. The third kappa shape index (κ3) is 4.33. The molecule has 2 unspecified atom stereocenters. The zero-order valence-corrected chi connectivity index (χ0v) is 10.8. The van der Waals surface area contributed by atoms with Crippen LogP contribution in [0.5, 0.6) is 0 Å². The van der Waals surface area contributed by atoms with Crippen LogP contribution in [0.3, 0.4) is 0 Å². The summed E-state index contributed by atoms with van der Waals surface area (Å²) in [5.41, 5.74) is 2.30. The molecule has 1 aromatic carbocycles. The minimum absolute atomic E-state index is 0.0324. The van der Waals surface area contributed by atoms with Crippen LogP contribution in [0.25, 0.3) is 0 Å². The molecule has 2 nitrogen and oxygen atoms in total. The van der Waals surface area contributed by atoms with Crippen LogP contribution in [0.2, 0.25) is 0 Å². The normalized spacial score (nSPS) is 14.3. The predicted molar refractivity (Wildman–Crippen MR) is 73.1 cm³/mol. The van der Waals surface area contributed by atoms with Gasteiger partial charge >= 0.3 is 0 Å². The second-order valence-electron chi connectivity index (χ2n) is 4.42. The monoisotopic (exact) mass is 233 g/mol. The van der Waals surface area contributed by atoms with E-state index >= 15 is 0 Å². The van der Waals surface area contributed by atoms with E-state index in [1.807, 2.05) is 19.1 Å². The predicted octanol–water partition coefficient (Wildman–Crippen LogP) is 2.84. The standard InChI is InChI=1S/C15H23NO/c1-4-6-13-7-9-14(10-8-13)15(17)12(3)16-11-5-2/h5,7-10,12,15-17H,2,4,6,11H2,1,3H3. The molecule has 0 saturated heterocycles. The van der Waals surface area contributed by atoms with E-state index < -0.39 is 6.10 Å². The summed E-state index contributed by atoms with van der Waals surface area (Å²) in [4.78, 5) is 0. The maximum absolute atomic E-state index is 10.1. The van der Waals surface area contributed by atoms with Gasteiger partial charge in [0.05, 0.1) is 6.10 Å². The Balaban J connectivity index is 2.61. The highest BCUT2D eigenvalue weighted by Gasteiger charge is 2.14. The van der Waals surface area contributed by atoms with Gasteiger partial charge in [-0.3, -0.25) is 0 Å². The average molecular weight is 233 g/mol. The molecule has 0 aromatic heterocycles. The van der Waals surface area contributed by atoms with Crippen molar-refractivity contribution >= 4 is 0 Å². The zero-order chi connectivity index (χ0) is 12.7. The van der Waals surface area contributed by atoms with Gasteiger partial charge in [-0.1, -0.05) is 43.7 Å². The summed E-state index contributed by atoms with van der Waals surface area (Å²) in [6.07, 6.45) is 3.58. The first-order valence-corrected chi connectivity index (χ1v) is 6.30. The van der Waals surface area contributed by atoms with Gasteiger partial charge in [0, 0.05) is 12.6 Å². The molecule has 1 aromatic rings. The third-order valence-electron chi connectivity index (χ3n) is 2.92. The minimum Gasteiger partial charge on any atom is -0.387 e. The van der Waals surface area contributed by atoms with Crippen molar-refractivity contribution in [3.05, 3.63) is 48.0 Å². The van der Waals surface area contributed by atoms with Crippen molar-refractivity contribution in [2.24, 2.45) is 0 Å². The number of benzene rings is 1. The van der Waals surface area contributed by atoms with Crippen molar-refractivity contribution in [2.75, 3.05) is 6.54 Å². The molecule has 0 bridgehead atoms. The quantitative estimate of drug-likeness (QED) is 0.710. The highest BCUT2D eigenvalue weighted by atomic mass is 16.3. The first-order valence-electron chi connectivity index (χ1n) is 6.30. The molecule has 0 aliphatic heterocycles. The van der Waals surface area contributed by atoms with Crippen molar-refractivity contribution in [1.29, 1.82) is 0 Å². The summed E-state index contributed by atoms with van der Waals surface area (Å²) in [7, 11) is 0. The molecule has 2 N–H and O–H groups in total.